The van der Waals surface area contributed by atoms with E-state index in [1.165, 1.54) is 0 Å². The molecular formula is C11H8Cl2N2O. The van der Waals surface area contributed by atoms with E-state index in [1.54, 1.807) is 30.6 Å². The molecule has 0 amide bonds. The van der Waals surface area contributed by atoms with Gasteiger partial charge in [-0.1, -0.05) is 23.2 Å². The lowest BCUT2D eigenvalue weighted by Gasteiger charge is -2.01. The van der Waals surface area contributed by atoms with Crippen LogP contribution in [0.3, 0.4) is 0 Å². The van der Waals surface area contributed by atoms with E-state index in [2.05, 4.69) is 9.97 Å². The number of aromatic amines is 1. The van der Waals surface area contributed by atoms with Gasteiger partial charge in [0.2, 0.25) is 0 Å². The Morgan fingerprint density at radius 3 is 2.75 bits per heavy atom. The second-order valence-electron chi connectivity index (χ2n) is 3.26. The highest BCUT2D eigenvalue weighted by molar-refractivity contribution is 6.42. The first-order valence-corrected chi connectivity index (χ1v) is 5.39. The van der Waals surface area contributed by atoms with Crippen LogP contribution < -0.4 is 0 Å². The number of carbonyl (C=O) groups excluding carboxylic acids is 1. The van der Waals surface area contributed by atoms with Gasteiger partial charge in [-0.25, -0.2) is 4.98 Å². The lowest BCUT2D eigenvalue weighted by atomic mass is 10.1. The summed E-state index contributed by atoms with van der Waals surface area (Å²) in [4.78, 5) is 18.7. The number of imidazole rings is 1. The van der Waals surface area contributed by atoms with Crippen LogP contribution in [0.2, 0.25) is 10.0 Å². The Bertz CT molecular complexity index is 509. The van der Waals surface area contributed by atoms with Crippen LogP contribution in [-0.4, -0.2) is 15.8 Å². The number of nitrogens with zero attached hydrogens (tertiary/aromatic N) is 1. The third kappa shape index (κ3) is 2.43. The number of hydrogen-bond acceptors (Lipinski definition) is 2. The molecule has 0 aliphatic rings. The third-order valence-electron chi connectivity index (χ3n) is 2.12. The number of carbonyl (C=O) groups is 1. The van der Waals surface area contributed by atoms with Crippen molar-refractivity contribution in [3.8, 4) is 0 Å². The number of Topliss-reactive ketones (excluding diaryl/α,β-unsaturated/α-hetero) is 1. The molecule has 1 aromatic carbocycles. The van der Waals surface area contributed by atoms with Crippen LogP contribution in [-0.2, 0) is 6.42 Å². The lowest BCUT2D eigenvalue weighted by molar-refractivity contribution is 0.0991. The maximum absolute atomic E-state index is 11.8. The average molecular weight is 255 g/mol. The standard InChI is InChI=1S/C11H8Cl2N2O/c12-8-2-1-7(5-9(8)13)10(16)6-11-14-3-4-15-11/h1-5H,6H2,(H,14,15). The number of halogens is 2. The van der Waals surface area contributed by atoms with E-state index in [1.807, 2.05) is 0 Å². The molecule has 0 saturated carbocycles. The van der Waals surface area contributed by atoms with Crippen molar-refractivity contribution >= 4 is 29.0 Å². The Morgan fingerprint density at radius 2 is 2.12 bits per heavy atom. The van der Waals surface area contributed by atoms with E-state index in [-0.39, 0.29) is 12.2 Å². The molecule has 2 rings (SSSR count). The highest BCUT2D eigenvalue weighted by Gasteiger charge is 2.10. The summed E-state index contributed by atoms with van der Waals surface area (Å²) in [7, 11) is 0. The molecule has 1 heterocycles. The Labute approximate surface area is 102 Å². The molecule has 0 spiro atoms. The highest BCUT2D eigenvalue weighted by atomic mass is 35.5. The van der Waals surface area contributed by atoms with E-state index in [0.717, 1.165) is 0 Å². The summed E-state index contributed by atoms with van der Waals surface area (Å²) in [5, 5.41) is 0.822. The van der Waals surface area contributed by atoms with Crippen LogP contribution in [0.4, 0.5) is 0 Å². The first kappa shape index (κ1) is 11.2. The van der Waals surface area contributed by atoms with Crippen molar-refractivity contribution in [3.63, 3.8) is 0 Å². The maximum atomic E-state index is 11.8. The zero-order chi connectivity index (χ0) is 11.5. The topological polar surface area (TPSA) is 45.8 Å². The molecular weight excluding hydrogens is 247 g/mol. The summed E-state index contributed by atoms with van der Waals surface area (Å²) in [5.41, 5.74) is 0.533. The SMILES string of the molecule is O=C(Cc1ncc[nH]1)c1ccc(Cl)c(Cl)c1. The molecule has 0 fully saturated rings. The Kier molecular flexibility index (Phi) is 3.27. The number of benzene rings is 1. The average Bonchev–Trinajstić information content (AvgIpc) is 2.74. The van der Waals surface area contributed by atoms with Gasteiger partial charge in [0.15, 0.2) is 5.78 Å². The fraction of sp³-hybridized carbons (Fsp3) is 0.0909. The quantitative estimate of drug-likeness (QED) is 0.856. The minimum Gasteiger partial charge on any atom is -0.348 e. The third-order valence-corrected chi connectivity index (χ3v) is 2.86. The minimum atomic E-state index is -0.0477. The van der Waals surface area contributed by atoms with Gasteiger partial charge in [-0.15, -0.1) is 0 Å². The van der Waals surface area contributed by atoms with Gasteiger partial charge in [-0.3, -0.25) is 4.79 Å². The van der Waals surface area contributed by atoms with Gasteiger partial charge in [0.25, 0.3) is 0 Å². The fourth-order valence-electron chi connectivity index (χ4n) is 1.32. The first-order valence-electron chi connectivity index (χ1n) is 4.63. The molecule has 5 heteroatoms. The highest BCUT2D eigenvalue weighted by Crippen LogP contribution is 2.23. The van der Waals surface area contributed by atoms with Crippen molar-refractivity contribution in [3.05, 3.63) is 52.0 Å². The molecule has 2 aromatic rings. The summed E-state index contributed by atoms with van der Waals surface area (Å²) >= 11 is 11.6. The van der Waals surface area contributed by atoms with Crippen molar-refractivity contribution in [1.29, 1.82) is 0 Å². The molecule has 0 aliphatic heterocycles. The molecule has 1 aromatic heterocycles. The first-order chi connectivity index (χ1) is 7.66. The summed E-state index contributed by atoms with van der Waals surface area (Å²) in [5.74, 6) is 0.588. The zero-order valence-electron chi connectivity index (χ0n) is 8.21. The number of nitrogens with one attached hydrogen (secondary N) is 1. The monoisotopic (exact) mass is 254 g/mol. The van der Waals surface area contributed by atoms with Crippen molar-refractivity contribution in [2.75, 3.05) is 0 Å². The van der Waals surface area contributed by atoms with Crippen LogP contribution in [0.1, 0.15) is 16.2 Å². The molecule has 3 nitrogen and oxygen atoms in total. The van der Waals surface area contributed by atoms with Crippen LogP contribution in [0.5, 0.6) is 0 Å². The van der Waals surface area contributed by atoms with Crippen LogP contribution >= 0.6 is 23.2 Å². The normalized spacial score (nSPS) is 10.4. The van der Waals surface area contributed by atoms with Gasteiger partial charge >= 0.3 is 0 Å². The summed E-state index contributed by atoms with van der Waals surface area (Å²) in [6, 6.07) is 4.83. The number of H-pyrrole nitrogens is 1. The van der Waals surface area contributed by atoms with Crippen molar-refractivity contribution in [1.82, 2.24) is 9.97 Å². The van der Waals surface area contributed by atoms with E-state index < -0.39 is 0 Å². The largest absolute Gasteiger partial charge is 0.348 e. The van der Waals surface area contributed by atoms with Crippen molar-refractivity contribution in [2.24, 2.45) is 0 Å². The van der Waals surface area contributed by atoms with E-state index >= 15 is 0 Å². The predicted octanol–water partition coefficient (Wildman–Crippen LogP) is 3.14. The van der Waals surface area contributed by atoms with Crippen LogP contribution in [0.15, 0.2) is 30.6 Å². The van der Waals surface area contributed by atoms with Crippen molar-refractivity contribution < 1.29 is 4.79 Å². The lowest BCUT2D eigenvalue weighted by Crippen LogP contribution is -2.04. The van der Waals surface area contributed by atoms with E-state index in [9.17, 15) is 4.79 Å². The molecule has 82 valence electrons. The molecule has 0 atom stereocenters. The Morgan fingerprint density at radius 1 is 1.31 bits per heavy atom. The van der Waals surface area contributed by atoms with Gasteiger partial charge < -0.3 is 4.98 Å². The minimum absolute atomic E-state index is 0.0477. The maximum Gasteiger partial charge on any atom is 0.170 e. The number of aromatic nitrogens is 2. The van der Waals surface area contributed by atoms with Gasteiger partial charge in [0.1, 0.15) is 5.82 Å². The van der Waals surface area contributed by atoms with E-state index in [4.69, 9.17) is 23.2 Å². The summed E-state index contributed by atoms with van der Waals surface area (Å²) in [6.45, 7) is 0. The van der Waals surface area contributed by atoms with Crippen LogP contribution in [0, 0.1) is 0 Å². The smallest absolute Gasteiger partial charge is 0.170 e. The summed E-state index contributed by atoms with van der Waals surface area (Å²) < 4.78 is 0. The molecule has 1 N–H and O–H groups in total. The molecule has 0 aliphatic carbocycles. The van der Waals surface area contributed by atoms with Gasteiger partial charge in [0, 0.05) is 18.0 Å². The number of ketones is 1. The predicted molar refractivity (Wildman–Crippen MR) is 63.1 cm³/mol. The Hall–Kier alpha value is -1.32. The molecule has 0 saturated heterocycles. The Balaban J connectivity index is 2.18. The second-order valence-corrected chi connectivity index (χ2v) is 4.08. The zero-order valence-corrected chi connectivity index (χ0v) is 9.72. The van der Waals surface area contributed by atoms with Gasteiger partial charge in [-0.2, -0.15) is 0 Å². The van der Waals surface area contributed by atoms with Crippen molar-refractivity contribution in [2.45, 2.75) is 6.42 Å². The number of rotatable bonds is 3. The second kappa shape index (κ2) is 4.68. The molecule has 0 radical (unpaired) electrons. The van der Waals surface area contributed by atoms with E-state index in [0.29, 0.717) is 21.4 Å². The summed E-state index contributed by atoms with van der Waals surface area (Å²) in [6.07, 6.45) is 3.51. The van der Waals surface area contributed by atoms with Gasteiger partial charge in [-0.05, 0) is 18.2 Å². The fourth-order valence-corrected chi connectivity index (χ4v) is 1.62. The molecule has 0 bridgehead atoms. The number of hydrogen-bond donors (Lipinski definition) is 1. The van der Waals surface area contributed by atoms with Gasteiger partial charge in [0.05, 0.1) is 16.5 Å². The molecule has 0 unspecified atom stereocenters. The molecule has 16 heavy (non-hydrogen) atoms. The van der Waals surface area contributed by atoms with Crippen LogP contribution in [0.25, 0.3) is 0 Å².